The number of hydrogen-bond donors (Lipinski definition) is 1. The molecule has 0 radical (unpaired) electrons. The Morgan fingerprint density at radius 3 is 2.55 bits per heavy atom. The normalized spacial score (nSPS) is 14.2. The first-order valence-electron chi connectivity index (χ1n) is 10.2. The topological polar surface area (TPSA) is 45.2 Å². The largest absolute Gasteiger partial charge is 0.352 e. The second-order valence-electron chi connectivity index (χ2n) is 7.72. The number of benzene rings is 2. The third-order valence-corrected chi connectivity index (χ3v) is 6.32. The Bertz CT molecular complexity index is 958. The summed E-state index contributed by atoms with van der Waals surface area (Å²) >= 11 is 1.59. The van der Waals surface area contributed by atoms with Crippen LogP contribution in [0.4, 0.5) is 0 Å². The van der Waals surface area contributed by atoms with Gasteiger partial charge < -0.3 is 5.32 Å². The molecule has 1 fully saturated rings. The Kier molecular flexibility index (Phi) is 6.37. The summed E-state index contributed by atoms with van der Waals surface area (Å²) in [6.45, 7) is 5.96. The number of likely N-dealkylation sites (tertiary alicyclic amines) is 1. The lowest BCUT2D eigenvalue weighted by atomic mass is 10.1. The summed E-state index contributed by atoms with van der Waals surface area (Å²) in [6.07, 6.45) is 2.89. The van der Waals surface area contributed by atoms with Gasteiger partial charge in [0.05, 0.1) is 12.1 Å². The standard InChI is InChI=1S/C24H27N3OS/c1-18-8-10-19(11-9-18)24-26-22(17-29-24)14-23(28)25-15-20-6-2-3-7-21(20)16-27-12-4-5-13-27/h2-3,6-11,17H,4-5,12-16H2,1H3,(H,25,28). The Hall–Kier alpha value is -2.50. The fraction of sp³-hybridized carbons (Fsp3) is 0.333. The lowest BCUT2D eigenvalue weighted by Crippen LogP contribution is -2.26. The van der Waals surface area contributed by atoms with Crippen molar-refractivity contribution in [3.63, 3.8) is 0 Å². The van der Waals surface area contributed by atoms with Crippen LogP contribution >= 0.6 is 11.3 Å². The van der Waals surface area contributed by atoms with Gasteiger partial charge in [-0.15, -0.1) is 11.3 Å². The molecule has 0 aliphatic carbocycles. The van der Waals surface area contributed by atoms with Crippen LogP contribution in [-0.4, -0.2) is 28.9 Å². The van der Waals surface area contributed by atoms with Gasteiger partial charge in [-0.2, -0.15) is 0 Å². The molecular weight excluding hydrogens is 378 g/mol. The van der Waals surface area contributed by atoms with E-state index >= 15 is 0 Å². The molecule has 1 aliphatic rings. The van der Waals surface area contributed by atoms with Crippen molar-refractivity contribution >= 4 is 17.2 Å². The zero-order chi connectivity index (χ0) is 20.1. The van der Waals surface area contributed by atoms with Crippen LogP contribution in [0.15, 0.2) is 53.9 Å². The van der Waals surface area contributed by atoms with E-state index in [-0.39, 0.29) is 5.91 Å². The monoisotopic (exact) mass is 405 g/mol. The minimum absolute atomic E-state index is 0.0155. The summed E-state index contributed by atoms with van der Waals surface area (Å²) in [7, 11) is 0. The van der Waals surface area contributed by atoms with Gasteiger partial charge in [0.1, 0.15) is 5.01 Å². The Morgan fingerprint density at radius 2 is 1.79 bits per heavy atom. The molecule has 2 aromatic carbocycles. The van der Waals surface area contributed by atoms with E-state index in [1.807, 2.05) is 11.4 Å². The number of amides is 1. The molecule has 1 saturated heterocycles. The van der Waals surface area contributed by atoms with Crippen molar-refractivity contribution in [1.29, 1.82) is 0 Å². The second-order valence-corrected chi connectivity index (χ2v) is 8.57. The van der Waals surface area contributed by atoms with Crippen molar-refractivity contribution in [2.75, 3.05) is 13.1 Å². The summed E-state index contributed by atoms with van der Waals surface area (Å²) in [6, 6.07) is 16.7. The first-order chi connectivity index (χ1) is 14.2. The number of carbonyl (C=O) groups is 1. The molecule has 1 aliphatic heterocycles. The second kappa shape index (κ2) is 9.33. The molecule has 150 valence electrons. The number of aryl methyl sites for hydroxylation is 1. The minimum atomic E-state index is 0.0155. The molecule has 4 nitrogen and oxygen atoms in total. The van der Waals surface area contributed by atoms with Gasteiger partial charge >= 0.3 is 0 Å². The average Bonchev–Trinajstić information content (AvgIpc) is 3.40. The van der Waals surface area contributed by atoms with E-state index in [1.165, 1.54) is 42.6 Å². The Balaban J connectivity index is 1.33. The fourth-order valence-corrected chi connectivity index (χ4v) is 4.53. The summed E-state index contributed by atoms with van der Waals surface area (Å²) in [4.78, 5) is 19.6. The van der Waals surface area contributed by atoms with E-state index in [0.717, 1.165) is 22.8 Å². The molecule has 4 rings (SSSR count). The van der Waals surface area contributed by atoms with Crippen LogP contribution in [-0.2, 0) is 24.3 Å². The van der Waals surface area contributed by atoms with Crippen LogP contribution in [0.2, 0.25) is 0 Å². The summed E-state index contributed by atoms with van der Waals surface area (Å²) in [5, 5.41) is 6.02. The third kappa shape index (κ3) is 5.31. The van der Waals surface area contributed by atoms with E-state index in [4.69, 9.17) is 0 Å². The summed E-state index contributed by atoms with van der Waals surface area (Å²) in [5.41, 5.74) is 5.67. The van der Waals surface area contributed by atoms with E-state index in [0.29, 0.717) is 13.0 Å². The number of carbonyl (C=O) groups excluding carboxylic acids is 1. The van der Waals surface area contributed by atoms with E-state index in [1.54, 1.807) is 11.3 Å². The SMILES string of the molecule is Cc1ccc(-c2nc(CC(=O)NCc3ccccc3CN3CCCC3)cs2)cc1. The number of thiazole rings is 1. The van der Waals surface area contributed by atoms with Gasteiger partial charge in [-0.3, -0.25) is 9.69 Å². The fourth-order valence-electron chi connectivity index (χ4n) is 3.70. The molecule has 0 atom stereocenters. The Morgan fingerprint density at radius 1 is 1.07 bits per heavy atom. The quantitative estimate of drug-likeness (QED) is 0.626. The average molecular weight is 406 g/mol. The molecule has 5 heteroatoms. The number of hydrogen-bond acceptors (Lipinski definition) is 4. The van der Waals surface area contributed by atoms with Gasteiger partial charge in [-0.25, -0.2) is 4.98 Å². The highest BCUT2D eigenvalue weighted by Crippen LogP contribution is 2.24. The molecule has 0 bridgehead atoms. The van der Waals surface area contributed by atoms with Crippen LogP contribution in [0.5, 0.6) is 0 Å². The molecule has 2 heterocycles. The molecule has 1 aromatic heterocycles. The van der Waals surface area contributed by atoms with Crippen LogP contribution in [0.1, 0.15) is 35.2 Å². The summed E-state index contributed by atoms with van der Waals surface area (Å²) < 4.78 is 0. The van der Waals surface area contributed by atoms with Crippen LogP contribution in [0, 0.1) is 6.92 Å². The van der Waals surface area contributed by atoms with E-state index < -0.39 is 0 Å². The maximum Gasteiger partial charge on any atom is 0.226 e. The van der Waals surface area contributed by atoms with Crippen LogP contribution < -0.4 is 5.32 Å². The first kappa shape index (κ1) is 19.8. The number of aromatic nitrogens is 1. The van der Waals surface area contributed by atoms with Gasteiger partial charge in [-0.1, -0.05) is 54.1 Å². The number of rotatable bonds is 7. The van der Waals surface area contributed by atoms with Gasteiger partial charge in [0.25, 0.3) is 0 Å². The van der Waals surface area contributed by atoms with Crippen molar-refractivity contribution in [3.8, 4) is 10.6 Å². The lowest BCUT2D eigenvalue weighted by Gasteiger charge is -2.17. The molecule has 29 heavy (non-hydrogen) atoms. The molecule has 1 N–H and O–H groups in total. The molecule has 0 spiro atoms. The van der Waals surface area contributed by atoms with E-state index in [9.17, 15) is 4.79 Å². The molecule has 1 amide bonds. The molecule has 0 saturated carbocycles. The minimum Gasteiger partial charge on any atom is -0.352 e. The molecule has 3 aromatic rings. The van der Waals surface area contributed by atoms with Crippen molar-refractivity contribution in [1.82, 2.24) is 15.2 Å². The zero-order valence-corrected chi connectivity index (χ0v) is 17.7. The third-order valence-electron chi connectivity index (χ3n) is 5.38. The highest BCUT2D eigenvalue weighted by Gasteiger charge is 2.14. The maximum atomic E-state index is 12.5. The highest BCUT2D eigenvalue weighted by molar-refractivity contribution is 7.13. The van der Waals surface area contributed by atoms with Gasteiger partial charge in [-0.05, 0) is 44.0 Å². The smallest absolute Gasteiger partial charge is 0.226 e. The van der Waals surface area contributed by atoms with Gasteiger partial charge in [0.2, 0.25) is 5.91 Å². The van der Waals surface area contributed by atoms with Gasteiger partial charge in [0, 0.05) is 24.0 Å². The van der Waals surface area contributed by atoms with E-state index in [2.05, 4.69) is 64.6 Å². The zero-order valence-electron chi connectivity index (χ0n) is 16.9. The molecular formula is C24H27N3OS. The predicted octanol–water partition coefficient (Wildman–Crippen LogP) is 4.57. The first-order valence-corrected chi connectivity index (χ1v) is 11.1. The lowest BCUT2D eigenvalue weighted by molar-refractivity contribution is -0.120. The highest BCUT2D eigenvalue weighted by atomic mass is 32.1. The molecule has 0 unspecified atom stereocenters. The van der Waals surface area contributed by atoms with Crippen molar-refractivity contribution < 1.29 is 4.79 Å². The van der Waals surface area contributed by atoms with Crippen molar-refractivity contribution in [2.45, 2.75) is 39.3 Å². The number of nitrogens with zero attached hydrogens (tertiary/aromatic N) is 2. The van der Waals surface area contributed by atoms with Gasteiger partial charge in [0.15, 0.2) is 0 Å². The number of nitrogens with one attached hydrogen (secondary N) is 1. The summed E-state index contributed by atoms with van der Waals surface area (Å²) in [5.74, 6) is 0.0155. The predicted molar refractivity (Wildman–Crippen MR) is 119 cm³/mol. The maximum absolute atomic E-state index is 12.5. The van der Waals surface area contributed by atoms with Crippen molar-refractivity contribution in [2.24, 2.45) is 0 Å². The van der Waals surface area contributed by atoms with Crippen LogP contribution in [0.3, 0.4) is 0 Å². The Labute approximate surface area is 176 Å². The van der Waals surface area contributed by atoms with Crippen molar-refractivity contribution in [3.05, 3.63) is 76.3 Å². The van der Waals surface area contributed by atoms with Crippen LogP contribution in [0.25, 0.3) is 10.6 Å².